The van der Waals surface area contributed by atoms with Gasteiger partial charge in [-0.1, -0.05) is 0 Å². The van der Waals surface area contributed by atoms with Crippen LogP contribution in [0.5, 0.6) is 0 Å². The predicted octanol–water partition coefficient (Wildman–Crippen LogP) is 6.45. The van der Waals surface area contributed by atoms with Crippen LogP contribution in [0.25, 0.3) is 10.8 Å². The van der Waals surface area contributed by atoms with E-state index in [1.807, 2.05) is 0 Å². The van der Waals surface area contributed by atoms with Gasteiger partial charge in [-0.25, -0.2) is 53.7 Å². The van der Waals surface area contributed by atoms with E-state index in [0.29, 0.717) is 0 Å². The van der Waals surface area contributed by atoms with E-state index in [1.54, 1.807) is 0 Å². The number of halogens is 10. The highest BCUT2D eigenvalue weighted by atomic mass is 19.2. The number of imide groups is 2. The molecule has 0 aromatic heterocycles. The third-order valence-electron chi connectivity index (χ3n) is 7.32. The molecule has 224 valence electrons. The quantitative estimate of drug-likeness (QED) is 0.111. The Hall–Kier alpha value is -5.28. The van der Waals surface area contributed by atoms with Crippen LogP contribution in [0, 0.1) is 72.0 Å². The monoisotopic (exact) mass is 626 g/mol. The molecule has 0 bridgehead atoms. The molecule has 2 heterocycles. The van der Waals surface area contributed by atoms with Crippen molar-refractivity contribution in [3.05, 3.63) is 104 Å². The van der Waals surface area contributed by atoms with E-state index < -0.39 is 126 Å². The lowest BCUT2D eigenvalue weighted by Gasteiger charge is -2.34. The van der Waals surface area contributed by atoms with Crippen molar-refractivity contribution < 1.29 is 63.1 Å². The number of benzene rings is 4. The summed E-state index contributed by atoms with van der Waals surface area (Å²) in [6.07, 6.45) is 0. The van der Waals surface area contributed by atoms with Gasteiger partial charge < -0.3 is 0 Å². The Balaban J connectivity index is 1.66. The average Bonchev–Trinajstić information content (AvgIpc) is 2.98. The molecule has 0 atom stereocenters. The van der Waals surface area contributed by atoms with E-state index in [1.165, 1.54) is 0 Å². The number of amides is 4. The van der Waals surface area contributed by atoms with Gasteiger partial charge in [-0.3, -0.25) is 19.2 Å². The Bertz CT molecular complexity index is 1940. The van der Waals surface area contributed by atoms with Crippen LogP contribution in [-0.4, -0.2) is 23.6 Å². The van der Waals surface area contributed by atoms with Crippen molar-refractivity contribution in [3.63, 3.8) is 0 Å². The second-order valence-corrected chi connectivity index (χ2v) is 9.71. The van der Waals surface area contributed by atoms with E-state index in [-0.39, 0.29) is 20.9 Å². The van der Waals surface area contributed by atoms with Gasteiger partial charge in [-0.2, -0.15) is 0 Å². The van der Waals surface area contributed by atoms with Gasteiger partial charge in [-0.15, -0.1) is 0 Å². The molecule has 4 amide bonds. The highest BCUT2D eigenvalue weighted by Crippen LogP contribution is 2.45. The molecule has 0 fully saturated rings. The summed E-state index contributed by atoms with van der Waals surface area (Å²) in [5, 5.41) is -1.01. The zero-order valence-corrected chi connectivity index (χ0v) is 21.5. The summed E-state index contributed by atoms with van der Waals surface area (Å²) < 4.78 is 142. The first-order chi connectivity index (χ1) is 20.5. The van der Waals surface area contributed by atoms with E-state index in [2.05, 4.69) is 0 Å². The Labute approximate surface area is 236 Å². The molecule has 6 nitrogen and oxygen atoms in total. The fourth-order valence-corrected chi connectivity index (χ4v) is 5.43. The fraction of sp³-hybridized carbons (Fsp3) is 0.0714. The lowest BCUT2D eigenvalue weighted by molar-refractivity contribution is 0.0869. The number of rotatable bonds is 2. The molecule has 4 aromatic rings. The third-order valence-corrected chi connectivity index (χ3v) is 7.32. The third kappa shape index (κ3) is 3.32. The predicted molar refractivity (Wildman–Crippen MR) is 128 cm³/mol. The van der Waals surface area contributed by atoms with Crippen LogP contribution in [-0.2, 0) is 0 Å². The van der Waals surface area contributed by atoms with E-state index in [4.69, 9.17) is 0 Å². The first-order valence-corrected chi connectivity index (χ1v) is 12.0. The first-order valence-electron chi connectivity index (χ1n) is 12.0. The largest absolute Gasteiger partial charge is 0.268 e. The van der Waals surface area contributed by atoms with E-state index >= 15 is 0 Å². The van der Waals surface area contributed by atoms with Crippen LogP contribution in [0.2, 0.25) is 0 Å². The highest BCUT2D eigenvalue weighted by molar-refractivity contribution is 6.43. The standard InChI is InChI=1S/C28H8F10N2O4/c1-5-3-7-12-10(28(44)40(25(7)41)24-21(37)17(33)14(30)18(34)22(24)38)6(2)4-8-11(12)9(5)27(43)39(26(8)42)23-19(35)15(31)13(29)16(32)20(23)36/h3-4H,1-2H3. The minimum atomic E-state index is -2.57. The van der Waals surface area contributed by atoms with E-state index in [9.17, 15) is 63.1 Å². The molecule has 0 saturated carbocycles. The number of hydrogen-bond donors (Lipinski definition) is 0. The van der Waals surface area contributed by atoms with Gasteiger partial charge in [0, 0.05) is 21.9 Å². The second kappa shape index (κ2) is 9.11. The molecule has 0 spiro atoms. The zero-order valence-electron chi connectivity index (χ0n) is 21.5. The van der Waals surface area contributed by atoms with E-state index in [0.717, 1.165) is 26.0 Å². The van der Waals surface area contributed by atoms with Crippen LogP contribution in [0.4, 0.5) is 55.3 Å². The number of hydrogen-bond acceptors (Lipinski definition) is 4. The molecule has 0 saturated heterocycles. The molecule has 16 heteroatoms. The van der Waals surface area contributed by atoms with Crippen LogP contribution in [0.3, 0.4) is 0 Å². The smallest absolute Gasteiger partial charge is 0.266 e. The van der Waals surface area contributed by atoms with Crippen LogP contribution in [0.1, 0.15) is 52.6 Å². The zero-order chi connectivity index (χ0) is 32.4. The Kier molecular flexibility index (Phi) is 5.97. The van der Waals surface area contributed by atoms with Gasteiger partial charge in [0.15, 0.2) is 46.5 Å². The van der Waals surface area contributed by atoms with Crippen LogP contribution >= 0.6 is 0 Å². The van der Waals surface area contributed by atoms with Gasteiger partial charge in [0.05, 0.1) is 11.1 Å². The first kappa shape index (κ1) is 28.8. The van der Waals surface area contributed by atoms with Gasteiger partial charge in [0.2, 0.25) is 11.6 Å². The van der Waals surface area contributed by atoms with Gasteiger partial charge in [-0.05, 0) is 37.1 Å². The lowest BCUT2D eigenvalue weighted by atomic mass is 9.81. The summed E-state index contributed by atoms with van der Waals surface area (Å²) >= 11 is 0. The lowest BCUT2D eigenvalue weighted by Crippen LogP contribution is -2.45. The minimum Gasteiger partial charge on any atom is -0.268 e. The van der Waals surface area contributed by atoms with Crippen molar-refractivity contribution in [2.45, 2.75) is 13.8 Å². The summed E-state index contributed by atoms with van der Waals surface area (Å²) in [6.45, 7) is 2.18. The van der Waals surface area contributed by atoms with Crippen molar-refractivity contribution in [2.75, 3.05) is 9.80 Å². The molecule has 44 heavy (non-hydrogen) atoms. The number of carbonyl (C=O) groups excluding carboxylic acids is 4. The number of nitrogens with zero attached hydrogens (tertiary/aromatic N) is 2. The van der Waals surface area contributed by atoms with Crippen molar-refractivity contribution in [3.8, 4) is 0 Å². The SMILES string of the molecule is Cc1cc2c3c(c(C)cc4c3c1C(=O)N(c1c(F)c(F)c(F)c(F)c1F)C4=O)C(=O)N(c1c(F)c(F)c(F)c(F)c1F)C2=O. The Morgan fingerprint density at radius 3 is 0.932 bits per heavy atom. The van der Waals surface area contributed by atoms with Crippen LogP contribution < -0.4 is 9.80 Å². The van der Waals surface area contributed by atoms with Crippen molar-refractivity contribution in [1.82, 2.24) is 0 Å². The van der Waals surface area contributed by atoms with Gasteiger partial charge in [0.25, 0.3) is 23.6 Å². The maximum Gasteiger partial charge on any atom is 0.266 e. The normalized spacial score (nSPS) is 14.5. The molecular formula is C28H8F10N2O4. The summed E-state index contributed by atoms with van der Waals surface area (Å²) in [6, 6.07) is 1.64. The summed E-state index contributed by atoms with van der Waals surface area (Å²) in [5.74, 6) is -31.6. The summed E-state index contributed by atoms with van der Waals surface area (Å²) in [5.41, 5.74) is -7.01. The number of anilines is 2. The molecular weight excluding hydrogens is 618 g/mol. The fourth-order valence-electron chi connectivity index (χ4n) is 5.43. The van der Waals surface area contributed by atoms with Crippen molar-refractivity contribution in [1.29, 1.82) is 0 Å². The second-order valence-electron chi connectivity index (χ2n) is 9.71. The molecule has 0 unspecified atom stereocenters. The number of carbonyl (C=O) groups is 4. The topological polar surface area (TPSA) is 74.8 Å². The van der Waals surface area contributed by atoms with Crippen LogP contribution in [0.15, 0.2) is 12.1 Å². The van der Waals surface area contributed by atoms with Crippen molar-refractivity contribution >= 4 is 45.8 Å². The molecule has 0 radical (unpaired) electrons. The maximum atomic E-state index is 14.7. The Morgan fingerprint density at radius 1 is 0.409 bits per heavy atom. The Morgan fingerprint density at radius 2 is 0.659 bits per heavy atom. The van der Waals surface area contributed by atoms with Gasteiger partial charge in [0.1, 0.15) is 11.4 Å². The number of aryl methyl sites for hydroxylation is 2. The average molecular weight is 626 g/mol. The molecule has 2 aliphatic rings. The molecule has 6 rings (SSSR count). The summed E-state index contributed by atoms with van der Waals surface area (Å²) in [7, 11) is 0. The highest BCUT2D eigenvalue weighted by Gasteiger charge is 2.46. The molecule has 0 N–H and O–H groups in total. The van der Waals surface area contributed by atoms with Crippen molar-refractivity contribution in [2.24, 2.45) is 0 Å². The molecule has 2 aliphatic heterocycles. The maximum absolute atomic E-state index is 14.7. The molecule has 4 aromatic carbocycles. The van der Waals surface area contributed by atoms with Gasteiger partial charge >= 0.3 is 0 Å². The minimum absolute atomic E-state index is 0.310. The summed E-state index contributed by atoms with van der Waals surface area (Å²) in [4.78, 5) is 53.5. The molecule has 0 aliphatic carbocycles.